The van der Waals surface area contributed by atoms with Crippen LogP contribution in [0.1, 0.15) is 53.4 Å². The first-order chi connectivity index (χ1) is 13.3. The van der Waals surface area contributed by atoms with Gasteiger partial charge in [0.05, 0.1) is 11.7 Å². The van der Waals surface area contributed by atoms with Crippen molar-refractivity contribution in [1.82, 2.24) is 30.0 Å². The third-order valence-corrected chi connectivity index (χ3v) is 5.39. The largest absolute Gasteiger partial charge is 0.355 e. The summed E-state index contributed by atoms with van der Waals surface area (Å²) < 4.78 is 1.84. The van der Waals surface area contributed by atoms with Gasteiger partial charge in [-0.25, -0.2) is 9.97 Å². The number of amides is 1. The summed E-state index contributed by atoms with van der Waals surface area (Å²) in [4.78, 5) is 25.1. The van der Waals surface area contributed by atoms with E-state index in [-0.39, 0.29) is 17.8 Å². The van der Waals surface area contributed by atoms with E-state index in [9.17, 15) is 4.79 Å². The highest BCUT2D eigenvalue weighted by molar-refractivity contribution is 5.90. The Morgan fingerprint density at radius 1 is 1.36 bits per heavy atom. The lowest BCUT2D eigenvalue weighted by Crippen LogP contribution is -2.36. The van der Waals surface area contributed by atoms with E-state index in [0.29, 0.717) is 6.04 Å². The first kappa shape index (κ1) is 20.3. The standard InChI is InChI=1S/C20H31N7O/c1-7-16(17-9-10-26(6)24-17)22-15-8-11-27(12-15)19-13(2)14(3)21-18(23-19)20(28)25(4)5/h9-10,15-16,22H,7-8,11-12H2,1-6H3/t15-,16?/m1/s1. The van der Waals surface area contributed by atoms with Gasteiger partial charge < -0.3 is 15.1 Å². The van der Waals surface area contributed by atoms with Crippen LogP contribution >= 0.6 is 0 Å². The van der Waals surface area contributed by atoms with Gasteiger partial charge in [0.1, 0.15) is 5.82 Å². The van der Waals surface area contributed by atoms with Crippen molar-refractivity contribution >= 4 is 11.7 Å². The Balaban J connectivity index is 1.75. The van der Waals surface area contributed by atoms with Gasteiger partial charge in [-0.15, -0.1) is 0 Å². The number of rotatable bonds is 6. The number of anilines is 1. The van der Waals surface area contributed by atoms with Crippen molar-refractivity contribution in [1.29, 1.82) is 0 Å². The summed E-state index contributed by atoms with van der Waals surface area (Å²) in [5, 5.41) is 8.30. The van der Waals surface area contributed by atoms with Gasteiger partial charge in [-0.05, 0) is 32.8 Å². The van der Waals surface area contributed by atoms with Crippen molar-refractivity contribution in [2.45, 2.75) is 45.7 Å². The van der Waals surface area contributed by atoms with Crippen molar-refractivity contribution in [3.05, 3.63) is 35.0 Å². The van der Waals surface area contributed by atoms with Crippen molar-refractivity contribution in [2.24, 2.45) is 7.05 Å². The number of carbonyl (C=O) groups excluding carboxylic acids is 1. The van der Waals surface area contributed by atoms with Gasteiger partial charge in [0.15, 0.2) is 0 Å². The van der Waals surface area contributed by atoms with Crippen LogP contribution in [-0.4, -0.2) is 63.8 Å². The molecular formula is C20H31N7O. The molecule has 2 atom stereocenters. The zero-order chi connectivity index (χ0) is 20.4. The summed E-state index contributed by atoms with van der Waals surface area (Å²) >= 11 is 0. The van der Waals surface area contributed by atoms with Crippen LogP contribution in [0.5, 0.6) is 0 Å². The lowest BCUT2D eigenvalue weighted by Gasteiger charge is -2.23. The van der Waals surface area contributed by atoms with Gasteiger partial charge in [-0.3, -0.25) is 9.48 Å². The normalized spacial score (nSPS) is 17.8. The third-order valence-electron chi connectivity index (χ3n) is 5.39. The minimum Gasteiger partial charge on any atom is -0.355 e. The molecule has 2 aromatic rings. The minimum absolute atomic E-state index is 0.167. The zero-order valence-corrected chi connectivity index (χ0v) is 17.7. The van der Waals surface area contributed by atoms with Gasteiger partial charge in [0.2, 0.25) is 5.82 Å². The number of aryl methyl sites for hydroxylation is 2. The lowest BCUT2D eigenvalue weighted by atomic mass is 10.1. The van der Waals surface area contributed by atoms with E-state index < -0.39 is 0 Å². The Bertz CT molecular complexity index is 845. The van der Waals surface area contributed by atoms with E-state index in [0.717, 1.165) is 48.7 Å². The lowest BCUT2D eigenvalue weighted by molar-refractivity contribution is 0.0815. The Morgan fingerprint density at radius 2 is 2.11 bits per heavy atom. The molecule has 0 aliphatic carbocycles. The van der Waals surface area contributed by atoms with Gasteiger partial charge in [-0.2, -0.15) is 5.10 Å². The number of nitrogens with zero attached hydrogens (tertiary/aromatic N) is 6. The molecule has 1 amide bonds. The molecule has 3 heterocycles. The predicted molar refractivity (Wildman–Crippen MR) is 110 cm³/mol. The van der Waals surface area contributed by atoms with Gasteiger partial charge >= 0.3 is 0 Å². The Hall–Kier alpha value is -2.48. The van der Waals surface area contributed by atoms with Gasteiger partial charge in [0, 0.05) is 57.7 Å². The van der Waals surface area contributed by atoms with E-state index in [1.807, 2.05) is 31.8 Å². The molecule has 0 bridgehead atoms. The van der Waals surface area contributed by atoms with Crippen LogP contribution in [-0.2, 0) is 7.05 Å². The quantitative estimate of drug-likeness (QED) is 0.818. The predicted octanol–water partition coefficient (Wildman–Crippen LogP) is 1.85. The molecule has 1 aliphatic heterocycles. The highest BCUT2D eigenvalue weighted by Crippen LogP contribution is 2.26. The molecule has 8 heteroatoms. The van der Waals surface area contributed by atoms with E-state index in [4.69, 9.17) is 0 Å². The fourth-order valence-electron chi connectivity index (χ4n) is 3.62. The number of hydrogen-bond acceptors (Lipinski definition) is 6. The van der Waals surface area contributed by atoms with Crippen LogP contribution in [0.25, 0.3) is 0 Å². The average molecular weight is 386 g/mol. The molecule has 8 nitrogen and oxygen atoms in total. The number of carbonyl (C=O) groups is 1. The summed E-state index contributed by atoms with van der Waals surface area (Å²) in [7, 11) is 5.39. The van der Waals surface area contributed by atoms with Crippen molar-refractivity contribution in [3.8, 4) is 0 Å². The number of hydrogen-bond donors (Lipinski definition) is 1. The van der Waals surface area contributed by atoms with E-state index in [1.165, 1.54) is 4.90 Å². The Labute approximate surface area is 167 Å². The molecule has 3 rings (SSSR count). The summed E-state index contributed by atoms with van der Waals surface area (Å²) in [5.74, 6) is 0.965. The second kappa shape index (κ2) is 8.26. The smallest absolute Gasteiger partial charge is 0.291 e. The Kier molecular flexibility index (Phi) is 5.98. The first-order valence-corrected chi connectivity index (χ1v) is 9.87. The second-order valence-corrected chi connectivity index (χ2v) is 7.75. The molecule has 1 unspecified atom stereocenters. The minimum atomic E-state index is -0.167. The molecule has 0 saturated carbocycles. The topological polar surface area (TPSA) is 79.2 Å². The molecule has 28 heavy (non-hydrogen) atoms. The van der Waals surface area contributed by atoms with E-state index in [2.05, 4.69) is 38.3 Å². The molecule has 1 saturated heterocycles. The molecule has 0 aromatic carbocycles. The molecule has 2 aromatic heterocycles. The Morgan fingerprint density at radius 3 is 2.71 bits per heavy atom. The highest BCUT2D eigenvalue weighted by atomic mass is 16.2. The van der Waals surface area contributed by atoms with Crippen molar-refractivity contribution < 1.29 is 4.79 Å². The fourth-order valence-corrected chi connectivity index (χ4v) is 3.62. The summed E-state index contributed by atoms with van der Waals surface area (Å²) in [5.41, 5.74) is 2.97. The maximum atomic E-state index is 12.3. The van der Waals surface area contributed by atoms with Gasteiger partial charge in [-0.1, -0.05) is 6.92 Å². The molecular weight excluding hydrogens is 354 g/mol. The molecule has 1 aliphatic rings. The van der Waals surface area contributed by atoms with Crippen molar-refractivity contribution in [2.75, 3.05) is 32.1 Å². The van der Waals surface area contributed by atoms with Crippen LogP contribution < -0.4 is 10.2 Å². The van der Waals surface area contributed by atoms with Crippen LogP contribution in [0.2, 0.25) is 0 Å². The summed E-state index contributed by atoms with van der Waals surface area (Å²) in [6.45, 7) is 7.90. The van der Waals surface area contributed by atoms with Crippen LogP contribution in [0.15, 0.2) is 12.3 Å². The monoisotopic (exact) mass is 385 g/mol. The zero-order valence-electron chi connectivity index (χ0n) is 17.7. The van der Waals surface area contributed by atoms with Crippen molar-refractivity contribution in [3.63, 3.8) is 0 Å². The summed E-state index contributed by atoms with van der Waals surface area (Å²) in [6.07, 6.45) is 4.00. The van der Waals surface area contributed by atoms with E-state index >= 15 is 0 Å². The molecule has 1 N–H and O–H groups in total. The molecule has 152 valence electrons. The second-order valence-electron chi connectivity index (χ2n) is 7.75. The molecule has 1 fully saturated rings. The third kappa shape index (κ3) is 4.16. The van der Waals surface area contributed by atoms with E-state index in [1.54, 1.807) is 14.1 Å². The SMILES string of the molecule is CCC(N[C@@H]1CCN(c2nc(C(=O)N(C)C)nc(C)c2C)C1)c1ccn(C)n1. The van der Waals surface area contributed by atoms with Crippen LogP contribution in [0, 0.1) is 13.8 Å². The van der Waals surface area contributed by atoms with Crippen LogP contribution in [0.3, 0.4) is 0 Å². The number of nitrogens with one attached hydrogen (secondary N) is 1. The first-order valence-electron chi connectivity index (χ1n) is 9.87. The fraction of sp³-hybridized carbons (Fsp3) is 0.600. The summed E-state index contributed by atoms with van der Waals surface area (Å²) in [6, 6.07) is 2.67. The molecule has 0 spiro atoms. The highest BCUT2D eigenvalue weighted by Gasteiger charge is 2.28. The average Bonchev–Trinajstić information content (AvgIpc) is 3.30. The maximum absolute atomic E-state index is 12.3. The van der Waals surface area contributed by atoms with Crippen LogP contribution in [0.4, 0.5) is 5.82 Å². The molecule has 0 radical (unpaired) electrons. The maximum Gasteiger partial charge on any atom is 0.291 e. The number of aromatic nitrogens is 4. The van der Waals surface area contributed by atoms with Gasteiger partial charge in [0.25, 0.3) is 5.91 Å².